The SMILES string of the molecule is O=C(CCC(F)(F)C(F)(F)C(F)(F)C(F)(F)C(F)(F)C(F)(F)C(F)(F)C(F)(F)F)OCC(F)(F)F. The first kappa shape index (κ1) is 33.1. The van der Waals surface area contributed by atoms with Gasteiger partial charge in [0.2, 0.25) is 0 Å². The molecular formula is C13H6F20O2. The predicted molar refractivity (Wildman–Crippen MR) is 66.9 cm³/mol. The highest BCUT2D eigenvalue weighted by molar-refractivity contribution is 5.69. The van der Waals surface area contributed by atoms with Crippen molar-refractivity contribution in [1.29, 1.82) is 0 Å². The van der Waals surface area contributed by atoms with Crippen LogP contribution in [-0.4, -0.2) is 66.4 Å². The van der Waals surface area contributed by atoms with Crippen LogP contribution in [0.5, 0.6) is 0 Å². The van der Waals surface area contributed by atoms with E-state index in [1.807, 2.05) is 0 Å². The van der Waals surface area contributed by atoms with Gasteiger partial charge in [0.25, 0.3) is 0 Å². The van der Waals surface area contributed by atoms with Crippen LogP contribution in [0.25, 0.3) is 0 Å². The average molecular weight is 574 g/mol. The van der Waals surface area contributed by atoms with Gasteiger partial charge in [-0.05, 0) is 0 Å². The predicted octanol–water partition coefficient (Wildman–Crippen LogP) is 6.88. The largest absolute Gasteiger partial charge is 0.460 e. The van der Waals surface area contributed by atoms with E-state index < -0.39 is 79.2 Å². The van der Waals surface area contributed by atoms with Crippen LogP contribution in [0.3, 0.4) is 0 Å². The molecule has 22 heteroatoms. The van der Waals surface area contributed by atoms with Gasteiger partial charge in [0.05, 0.1) is 6.42 Å². The van der Waals surface area contributed by atoms with Crippen LogP contribution < -0.4 is 0 Å². The molecule has 0 radical (unpaired) electrons. The topological polar surface area (TPSA) is 26.3 Å². The molecule has 0 bridgehead atoms. The molecule has 0 saturated heterocycles. The molecule has 2 nitrogen and oxygen atoms in total. The number of esters is 1. The van der Waals surface area contributed by atoms with E-state index in [2.05, 4.69) is 4.74 Å². The van der Waals surface area contributed by atoms with Crippen molar-refractivity contribution in [3.63, 3.8) is 0 Å². The molecule has 0 spiro atoms. The summed E-state index contributed by atoms with van der Waals surface area (Å²) in [6, 6.07) is 0. The Hall–Kier alpha value is -1.93. The quantitative estimate of drug-likeness (QED) is 0.210. The maximum absolute atomic E-state index is 13.4. The minimum absolute atomic E-state index is 2.45. The summed E-state index contributed by atoms with van der Waals surface area (Å²) in [5, 5.41) is 0. The van der Waals surface area contributed by atoms with E-state index in [9.17, 15) is 92.6 Å². The molecule has 0 aliphatic rings. The van der Waals surface area contributed by atoms with Gasteiger partial charge in [-0.3, -0.25) is 4.79 Å². The summed E-state index contributed by atoms with van der Waals surface area (Å²) in [5.41, 5.74) is 0. The Bertz CT molecular complexity index is 760. The fourth-order valence-corrected chi connectivity index (χ4v) is 1.85. The molecule has 210 valence electrons. The Labute approximate surface area is 178 Å². The highest BCUT2D eigenvalue weighted by atomic mass is 19.4. The fourth-order valence-electron chi connectivity index (χ4n) is 1.85. The first-order valence-corrected chi connectivity index (χ1v) is 7.79. The van der Waals surface area contributed by atoms with Crippen molar-refractivity contribution in [2.45, 2.75) is 66.7 Å². The lowest BCUT2D eigenvalue weighted by Crippen LogP contribution is -2.74. The van der Waals surface area contributed by atoms with Gasteiger partial charge in [-0.2, -0.15) is 87.8 Å². The van der Waals surface area contributed by atoms with Crippen molar-refractivity contribution in [1.82, 2.24) is 0 Å². The molecule has 0 fully saturated rings. The zero-order valence-corrected chi connectivity index (χ0v) is 15.5. The Balaban J connectivity index is 6.24. The van der Waals surface area contributed by atoms with Gasteiger partial charge in [-0.25, -0.2) is 0 Å². The minimum atomic E-state index is -8.80. The van der Waals surface area contributed by atoms with E-state index in [0.29, 0.717) is 0 Å². The van der Waals surface area contributed by atoms with E-state index in [0.717, 1.165) is 0 Å². The van der Waals surface area contributed by atoms with Crippen LogP contribution in [0.4, 0.5) is 87.8 Å². The summed E-state index contributed by atoms with van der Waals surface area (Å²) < 4.78 is 259. The highest BCUT2D eigenvalue weighted by Crippen LogP contribution is 2.64. The van der Waals surface area contributed by atoms with Gasteiger partial charge in [0, 0.05) is 6.42 Å². The number of hydrogen-bond donors (Lipinski definition) is 0. The van der Waals surface area contributed by atoms with E-state index in [-0.39, 0.29) is 0 Å². The second kappa shape index (κ2) is 8.87. The molecule has 0 aromatic rings. The molecular weight excluding hydrogens is 568 g/mol. The molecule has 0 aliphatic heterocycles. The number of rotatable bonds is 10. The van der Waals surface area contributed by atoms with Crippen LogP contribution in [-0.2, 0) is 9.53 Å². The van der Waals surface area contributed by atoms with Gasteiger partial charge >= 0.3 is 59.8 Å². The van der Waals surface area contributed by atoms with Crippen LogP contribution in [0.1, 0.15) is 12.8 Å². The zero-order valence-electron chi connectivity index (χ0n) is 15.5. The summed E-state index contributed by atoms with van der Waals surface area (Å²) in [6.07, 6.45) is -18.9. The van der Waals surface area contributed by atoms with Crippen LogP contribution in [0.2, 0.25) is 0 Å². The molecule has 0 unspecified atom stereocenters. The van der Waals surface area contributed by atoms with Gasteiger partial charge in [-0.15, -0.1) is 0 Å². The molecule has 0 amide bonds. The van der Waals surface area contributed by atoms with E-state index >= 15 is 0 Å². The number of carbonyl (C=O) groups excluding carboxylic acids is 1. The second-order valence-electron chi connectivity index (χ2n) is 6.42. The molecule has 0 aromatic heterocycles. The summed E-state index contributed by atoms with van der Waals surface area (Å²) in [5.74, 6) is -60.5. The first-order chi connectivity index (χ1) is 14.9. The number of alkyl halides is 20. The van der Waals surface area contributed by atoms with E-state index in [1.165, 1.54) is 0 Å². The molecule has 0 rings (SSSR count). The van der Waals surface area contributed by atoms with Crippen LogP contribution in [0, 0.1) is 0 Å². The van der Waals surface area contributed by atoms with Crippen LogP contribution in [0.15, 0.2) is 0 Å². The lowest BCUT2D eigenvalue weighted by atomic mass is 9.88. The van der Waals surface area contributed by atoms with E-state index in [1.54, 1.807) is 0 Å². The monoisotopic (exact) mass is 574 g/mol. The third kappa shape index (κ3) is 5.43. The van der Waals surface area contributed by atoms with Crippen molar-refractivity contribution in [3.8, 4) is 0 Å². The van der Waals surface area contributed by atoms with Gasteiger partial charge in [-0.1, -0.05) is 0 Å². The van der Waals surface area contributed by atoms with Crippen molar-refractivity contribution in [2.24, 2.45) is 0 Å². The standard InChI is InChI=1S/C13H6F20O2/c14-5(15,2-1-4(34)35-3-6(16,17)18)7(19,20)8(21,22)9(23,24)10(25,26)11(27,28)12(29,30)13(31,32)33/h1-3H2. The van der Waals surface area contributed by atoms with Gasteiger partial charge < -0.3 is 4.74 Å². The molecule has 0 N–H and O–H groups in total. The van der Waals surface area contributed by atoms with Gasteiger partial charge in [0.15, 0.2) is 6.61 Å². The average Bonchev–Trinajstić information content (AvgIpc) is 2.62. The summed E-state index contributed by atoms with van der Waals surface area (Å²) >= 11 is 0. The lowest BCUT2D eigenvalue weighted by molar-refractivity contribution is -0.461. The summed E-state index contributed by atoms with van der Waals surface area (Å²) in [4.78, 5) is 10.8. The Morgan fingerprint density at radius 3 is 1.11 bits per heavy atom. The summed E-state index contributed by atoms with van der Waals surface area (Å²) in [7, 11) is 0. The third-order valence-electron chi connectivity index (χ3n) is 3.83. The van der Waals surface area contributed by atoms with Gasteiger partial charge in [0.1, 0.15) is 0 Å². The third-order valence-corrected chi connectivity index (χ3v) is 3.83. The molecule has 0 atom stereocenters. The minimum Gasteiger partial charge on any atom is -0.456 e. The second-order valence-corrected chi connectivity index (χ2v) is 6.42. The number of ether oxygens (including phenoxy) is 1. The normalized spacial score (nSPS) is 15.9. The molecule has 0 aliphatic carbocycles. The number of halogens is 20. The Morgan fingerprint density at radius 1 is 0.486 bits per heavy atom. The molecule has 0 heterocycles. The van der Waals surface area contributed by atoms with Crippen molar-refractivity contribution < 1.29 is 97.3 Å². The molecule has 35 heavy (non-hydrogen) atoms. The van der Waals surface area contributed by atoms with Crippen molar-refractivity contribution >= 4 is 5.97 Å². The first-order valence-electron chi connectivity index (χ1n) is 7.79. The lowest BCUT2D eigenvalue weighted by Gasteiger charge is -2.42. The Kier molecular flexibility index (Phi) is 8.38. The molecule has 0 aromatic carbocycles. The summed E-state index contributed by atoms with van der Waals surface area (Å²) in [6.45, 7) is -2.57. The van der Waals surface area contributed by atoms with Crippen molar-refractivity contribution in [3.05, 3.63) is 0 Å². The highest BCUT2D eigenvalue weighted by Gasteiger charge is 2.95. The maximum atomic E-state index is 13.4. The maximum Gasteiger partial charge on any atom is 0.460 e. The number of carbonyl (C=O) groups is 1. The fraction of sp³-hybridized carbons (Fsp3) is 0.923. The van der Waals surface area contributed by atoms with Crippen LogP contribution >= 0.6 is 0 Å². The smallest absolute Gasteiger partial charge is 0.456 e. The van der Waals surface area contributed by atoms with E-state index in [4.69, 9.17) is 0 Å². The Morgan fingerprint density at radius 2 is 0.800 bits per heavy atom. The zero-order chi connectivity index (χ0) is 28.9. The van der Waals surface area contributed by atoms with Crippen molar-refractivity contribution in [2.75, 3.05) is 6.61 Å². The number of hydrogen-bond acceptors (Lipinski definition) is 2. The molecule has 0 saturated carbocycles.